The molecule has 0 radical (unpaired) electrons. The smallest absolute Gasteiger partial charge is 0.257 e. The lowest BCUT2D eigenvalue weighted by Gasteiger charge is -2.22. The summed E-state index contributed by atoms with van der Waals surface area (Å²) in [4.78, 5) is 15.5. The van der Waals surface area contributed by atoms with Gasteiger partial charge in [0.2, 0.25) is 0 Å². The summed E-state index contributed by atoms with van der Waals surface area (Å²) in [5.41, 5.74) is 0. The number of carbonyl (C=O) groups excluding carboxylic acids is 1. The van der Waals surface area contributed by atoms with Crippen molar-refractivity contribution in [1.29, 1.82) is 0 Å². The molecular weight excluding hydrogens is 301 g/mol. The fourth-order valence-electron chi connectivity index (χ4n) is 1.99. The molecule has 1 aliphatic rings. The van der Waals surface area contributed by atoms with Crippen LogP contribution in [0.4, 0.5) is 0 Å². The molecule has 0 bridgehead atoms. The minimum Gasteiger partial charge on any atom is -0.482 e. The molecule has 1 unspecified atom stereocenters. The second-order valence-corrected chi connectivity index (χ2v) is 4.49. The average Bonchev–Trinajstić information content (AvgIpc) is 2.45. The Morgan fingerprint density at radius 2 is 2.35 bits per heavy atom. The number of ether oxygens (including phenoxy) is 1. The third-order valence-electron chi connectivity index (χ3n) is 2.99. The maximum Gasteiger partial charge on any atom is 0.257 e. The first-order chi connectivity index (χ1) is 8.84. The van der Waals surface area contributed by atoms with E-state index in [1.165, 1.54) is 12.8 Å². The van der Waals surface area contributed by atoms with E-state index in [-0.39, 0.29) is 37.3 Å². The zero-order valence-corrected chi connectivity index (χ0v) is 12.8. The quantitative estimate of drug-likeness (QED) is 0.861. The van der Waals surface area contributed by atoms with Gasteiger partial charge in [0.05, 0.1) is 6.20 Å². The SMILES string of the molecule is Cl.Cl.O=C(COc1cccnc1)NCC1CCCNC1. The van der Waals surface area contributed by atoms with E-state index in [9.17, 15) is 4.79 Å². The van der Waals surface area contributed by atoms with E-state index in [4.69, 9.17) is 4.74 Å². The summed E-state index contributed by atoms with van der Waals surface area (Å²) in [5, 5.41) is 6.22. The molecule has 1 aromatic rings. The first-order valence-electron chi connectivity index (χ1n) is 6.35. The zero-order chi connectivity index (χ0) is 12.6. The fourth-order valence-corrected chi connectivity index (χ4v) is 1.99. The third-order valence-corrected chi connectivity index (χ3v) is 2.99. The molecule has 2 N–H and O–H groups in total. The van der Waals surface area contributed by atoms with Crippen LogP contribution in [0, 0.1) is 5.92 Å². The predicted octanol–water partition coefficient (Wildman–Crippen LogP) is 1.42. The Kier molecular flexibility index (Phi) is 10.2. The molecule has 1 aromatic heterocycles. The van der Waals surface area contributed by atoms with Crippen LogP contribution in [-0.4, -0.2) is 37.1 Å². The molecule has 0 spiro atoms. The maximum atomic E-state index is 11.6. The number of hydrogen-bond acceptors (Lipinski definition) is 4. The van der Waals surface area contributed by atoms with Crippen LogP contribution in [0.2, 0.25) is 0 Å². The van der Waals surface area contributed by atoms with Crippen molar-refractivity contribution >= 4 is 30.7 Å². The molecular formula is C13H21Cl2N3O2. The first kappa shape index (κ1) is 19.0. The lowest BCUT2D eigenvalue weighted by molar-refractivity contribution is -0.123. The highest BCUT2D eigenvalue weighted by Gasteiger charge is 2.13. The third kappa shape index (κ3) is 6.93. The summed E-state index contributed by atoms with van der Waals surface area (Å²) >= 11 is 0. The molecule has 114 valence electrons. The molecule has 1 aliphatic heterocycles. The summed E-state index contributed by atoms with van der Waals surface area (Å²) in [6, 6.07) is 3.56. The fraction of sp³-hybridized carbons (Fsp3) is 0.538. The molecule has 1 atom stereocenters. The number of amides is 1. The zero-order valence-electron chi connectivity index (χ0n) is 11.2. The van der Waals surface area contributed by atoms with Gasteiger partial charge in [-0.1, -0.05) is 0 Å². The van der Waals surface area contributed by atoms with E-state index in [1.54, 1.807) is 24.5 Å². The van der Waals surface area contributed by atoms with Crippen LogP contribution in [-0.2, 0) is 4.79 Å². The van der Waals surface area contributed by atoms with Crippen molar-refractivity contribution in [2.24, 2.45) is 5.92 Å². The van der Waals surface area contributed by atoms with E-state index in [2.05, 4.69) is 15.6 Å². The molecule has 0 aliphatic carbocycles. The molecule has 1 fully saturated rings. The number of rotatable bonds is 5. The Morgan fingerprint density at radius 3 is 3.00 bits per heavy atom. The summed E-state index contributed by atoms with van der Waals surface area (Å²) in [5.74, 6) is 1.08. The van der Waals surface area contributed by atoms with E-state index in [1.807, 2.05) is 0 Å². The second kappa shape index (κ2) is 10.7. The Morgan fingerprint density at radius 1 is 1.50 bits per heavy atom. The number of piperidine rings is 1. The highest BCUT2D eigenvalue weighted by atomic mass is 35.5. The molecule has 7 heteroatoms. The highest BCUT2D eigenvalue weighted by Crippen LogP contribution is 2.08. The van der Waals surface area contributed by atoms with Crippen LogP contribution in [0.25, 0.3) is 0 Å². The number of aromatic nitrogens is 1. The summed E-state index contributed by atoms with van der Waals surface area (Å²) in [6.07, 6.45) is 5.63. The van der Waals surface area contributed by atoms with Gasteiger partial charge in [-0.3, -0.25) is 9.78 Å². The second-order valence-electron chi connectivity index (χ2n) is 4.49. The van der Waals surface area contributed by atoms with Crippen molar-refractivity contribution in [2.75, 3.05) is 26.2 Å². The van der Waals surface area contributed by atoms with Gasteiger partial charge in [0.1, 0.15) is 5.75 Å². The standard InChI is InChI=1S/C13H19N3O2.2ClH/c17-13(10-18-12-4-2-6-15-9-12)16-8-11-3-1-5-14-7-11;;/h2,4,6,9,11,14H,1,3,5,7-8,10H2,(H,16,17);2*1H. The monoisotopic (exact) mass is 321 g/mol. The van der Waals surface area contributed by atoms with E-state index in [0.29, 0.717) is 11.7 Å². The lowest BCUT2D eigenvalue weighted by Crippen LogP contribution is -2.39. The molecule has 20 heavy (non-hydrogen) atoms. The van der Waals surface area contributed by atoms with Crippen LogP contribution < -0.4 is 15.4 Å². The highest BCUT2D eigenvalue weighted by molar-refractivity contribution is 5.85. The average molecular weight is 322 g/mol. The molecule has 2 heterocycles. The van der Waals surface area contributed by atoms with Crippen LogP contribution in [0.5, 0.6) is 5.75 Å². The molecule has 1 saturated heterocycles. The topological polar surface area (TPSA) is 63.2 Å². The summed E-state index contributed by atoms with van der Waals surface area (Å²) < 4.78 is 5.32. The van der Waals surface area contributed by atoms with Gasteiger partial charge >= 0.3 is 0 Å². The van der Waals surface area contributed by atoms with Crippen LogP contribution in [0.3, 0.4) is 0 Å². The van der Waals surface area contributed by atoms with Gasteiger partial charge in [-0.15, -0.1) is 24.8 Å². The number of nitrogens with zero attached hydrogens (tertiary/aromatic N) is 1. The van der Waals surface area contributed by atoms with Gasteiger partial charge in [-0.05, 0) is 44.0 Å². The maximum absolute atomic E-state index is 11.6. The van der Waals surface area contributed by atoms with Crippen molar-refractivity contribution in [3.8, 4) is 5.75 Å². The van der Waals surface area contributed by atoms with Crippen LogP contribution in [0.15, 0.2) is 24.5 Å². The normalized spacial score (nSPS) is 17.3. The number of hydrogen-bond donors (Lipinski definition) is 2. The van der Waals surface area contributed by atoms with Crippen LogP contribution in [0.1, 0.15) is 12.8 Å². The largest absolute Gasteiger partial charge is 0.482 e. The summed E-state index contributed by atoms with van der Waals surface area (Å²) in [6.45, 7) is 2.85. The van der Waals surface area contributed by atoms with Crippen molar-refractivity contribution in [1.82, 2.24) is 15.6 Å². The predicted molar refractivity (Wildman–Crippen MR) is 82.8 cm³/mol. The van der Waals surface area contributed by atoms with Crippen molar-refractivity contribution < 1.29 is 9.53 Å². The van der Waals surface area contributed by atoms with Crippen molar-refractivity contribution in [3.63, 3.8) is 0 Å². The van der Waals surface area contributed by atoms with Crippen LogP contribution >= 0.6 is 24.8 Å². The molecule has 0 saturated carbocycles. The first-order valence-corrected chi connectivity index (χ1v) is 6.35. The molecule has 5 nitrogen and oxygen atoms in total. The lowest BCUT2D eigenvalue weighted by atomic mass is 10.00. The van der Waals surface area contributed by atoms with Gasteiger partial charge in [0.15, 0.2) is 6.61 Å². The number of halogens is 2. The van der Waals surface area contributed by atoms with Gasteiger partial charge in [0.25, 0.3) is 5.91 Å². The molecule has 1 amide bonds. The minimum atomic E-state index is -0.0792. The van der Waals surface area contributed by atoms with Gasteiger partial charge < -0.3 is 15.4 Å². The number of pyridine rings is 1. The Balaban J connectivity index is 0.00000180. The van der Waals surface area contributed by atoms with Gasteiger partial charge in [0, 0.05) is 12.7 Å². The minimum absolute atomic E-state index is 0. The molecule has 2 rings (SSSR count). The van der Waals surface area contributed by atoms with Crippen molar-refractivity contribution in [3.05, 3.63) is 24.5 Å². The Bertz CT molecular complexity index is 373. The summed E-state index contributed by atoms with van der Waals surface area (Å²) in [7, 11) is 0. The van der Waals surface area contributed by atoms with E-state index >= 15 is 0 Å². The Hall–Kier alpha value is -1.04. The number of nitrogens with one attached hydrogen (secondary N) is 2. The Labute approximate surface area is 131 Å². The number of carbonyl (C=O) groups is 1. The van der Waals surface area contributed by atoms with Crippen molar-refractivity contribution in [2.45, 2.75) is 12.8 Å². The van der Waals surface area contributed by atoms with E-state index < -0.39 is 0 Å². The van der Waals surface area contributed by atoms with E-state index in [0.717, 1.165) is 19.6 Å². The van der Waals surface area contributed by atoms with Gasteiger partial charge in [-0.25, -0.2) is 0 Å². The molecule has 0 aromatic carbocycles. The van der Waals surface area contributed by atoms with Gasteiger partial charge in [-0.2, -0.15) is 0 Å².